The van der Waals surface area contributed by atoms with Crippen LogP contribution in [0.2, 0.25) is 0 Å². The highest BCUT2D eigenvalue weighted by atomic mass is 16.1. The molecule has 66 valence electrons. The third-order valence-corrected chi connectivity index (χ3v) is 1.83. The maximum Gasteiger partial charge on any atom is 0.207 e. The normalized spacial score (nSPS) is 18.2. The van der Waals surface area contributed by atoms with Gasteiger partial charge in [-0.3, -0.25) is 9.79 Å². The van der Waals surface area contributed by atoms with E-state index in [2.05, 4.69) is 15.3 Å². The van der Waals surface area contributed by atoms with Crippen molar-refractivity contribution in [1.29, 1.82) is 0 Å². The first-order valence-electron chi connectivity index (χ1n) is 4.08. The molecule has 0 saturated heterocycles. The molecule has 0 fully saturated rings. The molecule has 0 spiro atoms. The highest BCUT2D eigenvalue weighted by Gasteiger charge is 2.14. The van der Waals surface area contributed by atoms with E-state index in [-0.39, 0.29) is 6.04 Å². The van der Waals surface area contributed by atoms with Crippen LogP contribution in [0.4, 0.5) is 0 Å². The fraction of sp³-hybridized carbons (Fsp3) is 0.625. The van der Waals surface area contributed by atoms with Gasteiger partial charge < -0.3 is 5.32 Å². The summed E-state index contributed by atoms with van der Waals surface area (Å²) in [5.41, 5.74) is 0.943. The van der Waals surface area contributed by atoms with Crippen LogP contribution in [0, 0.1) is 0 Å². The Labute approximate surface area is 71.8 Å². The van der Waals surface area contributed by atoms with Crippen molar-refractivity contribution in [2.24, 2.45) is 9.98 Å². The van der Waals surface area contributed by atoms with Crippen molar-refractivity contribution >= 4 is 18.0 Å². The van der Waals surface area contributed by atoms with E-state index in [4.69, 9.17) is 0 Å². The van der Waals surface area contributed by atoms with Gasteiger partial charge in [-0.25, -0.2) is 4.99 Å². The molecule has 12 heavy (non-hydrogen) atoms. The van der Waals surface area contributed by atoms with Crippen LogP contribution in [0.5, 0.6) is 0 Å². The van der Waals surface area contributed by atoms with Gasteiger partial charge in [0.1, 0.15) is 5.84 Å². The number of hydrogen-bond acceptors (Lipinski definition) is 3. The van der Waals surface area contributed by atoms with Crippen LogP contribution >= 0.6 is 0 Å². The summed E-state index contributed by atoms with van der Waals surface area (Å²) in [7, 11) is 0. The number of carbonyl (C=O) groups is 1. The van der Waals surface area contributed by atoms with Crippen molar-refractivity contribution in [1.82, 2.24) is 5.32 Å². The molecule has 4 heteroatoms. The molecule has 1 unspecified atom stereocenters. The van der Waals surface area contributed by atoms with Crippen LogP contribution in [-0.2, 0) is 4.79 Å². The van der Waals surface area contributed by atoms with Crippen molar-refractivity contribution in [2.45, 2.75) is 26.3 Å². The summed E-state index contributed by atoms with van der Waals surface area (Å²) in [4.78, 5) is 18.6. The Morgan fingerprint density at radius 2 is 2.50 bits per heavy atom. The van der Waals surface area contributed by atoms with Crippen LogP contribution in [0.1, 0.15) is 20.3 Å². The van der Waals surface area contributed by atoms with E-state index in [0.717, 1.165) is 18.0 Å². The van der Waals surface area contributed by atoms with Gasteiger partial charge in [-0.2, -0.15) is 0 Å². The van der Waals surface area contributed by atoms with Gasteiger partial charge in [0.2, 0.25) is 6.41 Å². The van der Waals surface area contributed by atoms with Gasteiger partial charge in [0.05, 0.1) is 18.3 Å². The van der Waals surface area contributed by atoms with E-state index in [0.29, 0.717) is 13.0 Å². The predicted molar refractivity (Wildman–Crippen MR) is 48.7 cm³/mol. The lowest BCUT2D eigenvalue weighted by Gasteiger charge is -2.07. The number of amidine groups is 1. The Balaban J connectivity index is 2.52. The van der Waals surface area contributed by atoms with Crippen LogP contribution in [0.3, 0.4) is 0 Å². The molecule has 1 heterocycles. The maximum absolute atomic E-state index is 10.1. The summed E-state index contributed by atoms with van der Waals surface area (Å²) >= 11 is 0. The van der Waals surface area contributed by atoms with E-state index >= 15 is 0 Å². The average molecular weight is 167 g/mol. The van der Waals surface area contributed by atoms with Crippen LogP contribution in [-0.4, -0.2) is 30.5 Å². The molecule has 0 aliphatic carbocycles. The fourth-order valence-corrected chi connectivity index (χ4v) is 1.03. The summed E-state index contributed by atoms with van der Waals surface area (Å²) in [6, 6.07) is 0.00954. The molecule has 0 saturated carbocycles. The zero-order valence-corrected chi connectivity index (χ0v) is 7.37. The number of aliphatic imine (C=N–C) groups is 2. The lowest BCUT2D eigenvalue weighted by atomic mass is 10.2. The molecular weight excluding hydrogens is 154 g/mol. The fourth-order valence-electron chi connectivity index (χ4n) is 1.03. The van der Waals surface area contributed by atoms with Crippen molar-refractivity contribution in [3.63, 3.8) is 0 Å². The molecular formula is C8H13N3O. The summed E-state index contributed by atoms with van der Waals surface area (Å²) < 4.78 is 0. The van der Waals surface area contributed by atoms with Gasteiger partial charge in [0, 0.05) is 6.42 Å². The van der Waals surface area contributed by atoms with E-state index in [9.17, 15) is 4.79 Å². The van der Waals surface area contributed by atoms with Crippen molar-refractivity contribution in [3.05, 3.63) is 0 Å². The van der Waals surface area contributed by atoms with Crippen molar-refractivity contribution in [3.8, 4) is 0 Å². The quantitative estimate of drug-likeness (QED) is 0.605. The average Bonchev–Trinajstić information content (AvgIpc) is 2.52. The molecule has 0 aromatic carbocycles. The molecule has 4 nitrogen and oxygen atoms in total. The SMILES string of the molecule is CCC1=NCC(C(C)NC=O)=N1. The minimum absolute atomic E-state index is 0.00954. The Kier molecular flexibility index (Phi) is 2.96. The molecule has 1 N–H and O–H groups in total. The van der Waals surface area contributed by atoms with Crippen molar-refractivity contribution < 1.29 is 4.79 Å². The predicted octanol–water partition coefficient (Wildman–Crippen LogP) is 0.384. The molecule has 1 rings (SSSR count). The molecule has 1 aliphatic heterocycles. The van der Waals surface area contributed by atoms with Gasteiger partial charge in [-0.1, -0.05) is 6.92 Å². The molecule has 0 radical (unpaired) electrons. The highest BCUT2D eigenvalue weighted by molar-refractivity contribution is 6.06. The van der Waals surface area contributed by atoms with Crippen LogP contribution in [0.25, 0.3) is 0 Å². The van der Waals surface area contributed by atoms with E-state index < -0.39 is 0 Å². The molecule has 0 bridgehead atoms. The molecule has 0 aromatic rings. The van der Waals surface area contributed by atoms with Crippen LogP contribution < -0.4 is 5.32 Å². The Morgan fingerprint density at radius 3 is 3.00 bits per heavy atom. The molecule has 0 aromatic heterocycles. The first-order chi connectivity index (χ1) is 5.77. The zero-order valence-electron chi connectivity index (χ0n) is 7.37. The Bertz CT molecular complexity index is 232. The third kappa shape index (κ3) is 1.90. The largest absolute Gasteiger partial charge is 0.351 e. The minimum Gasteiger partial charge on any atom is -0.351 e. The maximum atomic E-state index is 10.1. The number of rotatable bonds is 4. The van der Waals surface area contributed by atoms with Gasteiger partial charge in [0.25, 0.3) is 0 Å². The summed E-state index contributed by atoms with van der Waals surface area (Å²) in [5, 5.41) is 2.65. The molecule has 1 atom stereocenters. The second-order valence-corrected chi connectivity index (χ2v) is 2.70. The van der Waals surface area contributed by atoms with Crippen molar-refractivity contribution in [2.75, 3.05) is 6.54 Å². The van der Waals surface area contributed by atoms with E-state index in [1.165, 1.54) is 0 Å². The van der Waals surface area contributed by atoms with E-state index in [1.54, 1.807) is 0 Å². The summed E-state index contributed by atoms with van der Waals surface area (Å²) in [5.74, 6) is 0.879. The second kappa shape index (κ2) is 3.99. The van der Waals surface area contributed by atoms with Gasteiger partial charge in [-0.05, 0) is 6.92 Å². The minimum atomic E-state index is 0.00954. The summed E-state index contributed by atoms with van der Waals surface area (Å²) in [6.07, 6.45) is 1.55. The van der Waals surface area contributed by atoms with E-state index in [1.807, 2.05) is 13.8 Å². The van der Waals surface area contributed by atoms with Gasteiger partial charge in [0.15, 0.2) is 0 Å². The summed E-state index contributed by atoms with van der Waals surface area (Å²) in [6.45, 7) is 4.55. The zero-order chi connectivity index (χ0) is 8.97. The smallest absolute Gasteiger partial charge is 0.207 e. The molecule has 1 amide bonds. The van der Waals surface area contributed by atoms with Gasteiger partial charge in [-0.15, -0.1) is 0 Å². The third-order valence-electron chi connectivity index (χ3n) is 1.83. The first-order valence-corrected chi connectivity index (χ1v) is 4.08. The second-order valence-electron chi connectivity index (χ2n) is 2.70. The number of carbonyl (C=O) groups excluding carboxylic acids is 1. The number of amides is 1. The first kappa shape index (κ1) is 8.90. The standard InChI is InChI=1S/C8H13N3O/c1-3-8-9-4-7(11-8)6(2)10-5-12/h5-6H,3-4H2,1-2H3,(H,10,12). The number of nitrogens with one attached hydrogen (secondary N) is 1. The Morgan fingerprint density at radius 1 is 1.75 bits per heavy atom. The highest BCUT2D eigenvalue weighted by Crippen LogP contribution is 2.02. The van der Waals surface area contributed by atoms with Gasteiger partial charge >= 0.3 is 0 Å². The number of hydrogen-bond donors (Lipinski definition) is 1. The van der Waals surface area contributed by atoms with Crippen LogP contribution in [0.15, 0.2) is 9.98 Å². The number of nitrogens with zero attached hydrogens (tertiary/aromatic N) is 2. The molecule has 1 aliphatic rings. The lowest BCUT2D eigenvalue weighted by Crippen LogP contribution is -2.33. The Hall–Kier alpha value is -1.19. The topological polar surface area (TPSA) is 53.8 Å². The monoisotopic (exact) mass is 167 g/mol. The lowest BCUT2D eigenvalue weighted by molar-refractivity contribution is -0.109.